The maximum absolute atomic E-state index is 4.42. The summed E-state index contributed by atoms with van der Waals surface area (Å²) in [4.78, 5) is 0. The summed E-state index contributed by atoms with van der Waals surface area (Å²) in [5, 5.41) is 11.1. The summed E-state index contributed by atoms with van der Waals surface area (Å²) in [5.74, 6) is 2.32. The van der Waals surface area contributed by atoms with Crippen molar-refractivity contribution < 1.29 is 0 Å². The number of nitrogens with zero attached hydrogens (tertiary/aromatic N) is 1. The topological polar surface area (TPSA) is 40.7 Å². The molecule has 1 aromatic rings. The van der Waals surface area contributed by atoms with E-state index in [1.54, 1.807) is 0 Å². The molecule has 0 fully saturated rings. The number of hydrogen-bond acceptors (Lipinski definition) is 2. The summed E-state index contributed by atoms with van der Waals surface area (Å²) < 4.78 is 0. The molecule has 1 atom stereocenters. The van der Waals surface area contributed by atoms with Crippen molar-refractivity contribution in [1.29, 1.82) is 0 Å². The Morgan fingerprint density at radius 2 is 2.19 bits per heavy atom. The van der Waals surface area contributed by atoms with Crippen molar-refractivity contribution in [2.75, 3.05) is 11.9 Å². The first kappa shape index (κ1) is 11.5. The van der Waals surface area contributed by atoms with Crippen molar-refractivity contribution in [2.45, 2.75) is 52.4 Å². The van der Waals surface area contributed by atoms with E-state index in [1.165, 1.54) is 17.7 Å². The number of rotatable bonds is 3. The molecule has 0 saturated carbocycles. The van der Waals surface area contributed by atoms with Crippen LogP contribution in [0.4, 0.5) is 5.82 Å². The van der Waals surface area contributed by atoms with Crippen LogP contribution in [0.2, 0.25) is 0 Å². The van der Waals surface area contributed by atoms with Crippen molar-refractivity contribution in [3.8, 4) is 0 Å². The van der Waals surface area contributed by atoms with E-state index in [2.05, 4.69) is 50.1 Å². The molecule has 1 heterocycles. The lowest BCUT2D eigenvalue weighted by Gasteiger charge is -2.20. The highest BCUT2D eigenvalue weighted by Crippen LogP contribution is 2.47. The van der Waals surface area contributed by atoms with E-state index in [9.17, 15) is 0 Å². The third kappa shape index (κ3) is 1.83. The Labute approximate surface area is 98.0 Å². The largest absolute Gasteiger partial charge is 0.368 e. The molecule has 1 aromatic heterocycles. The van der Waals surface area contributed by atoms with Crippen LogP contribution >= 0.6 is 0 Å². The molecule has 16 heavy (non-hydrogen) atoms. The van der Waals surface area contributed by atoms with Crippen LogP contribution in [-0.2, 0) is 5.41 Å². The maximum Gasteiger partial charge on any atom is 0.151 e. The van der Waals surface area contributed by atoms with Gasteiger partial charge in [-0.1, -0.05) is 34.6 Å². The lowest BCUT2D eigenvalue weighted by Crippen LogP contribution is -2.16. The fraction of sp³-hybridized carbons (Fsp3) is 0.769. The Morgan fingerprint density at radius 3 is 2.81 bits per heavy atom. The molecule has 2 rings (SSSR count). The smallest absolute Gasteiger partial charge is 0.151 e. The van der Waals surface area contributed by atoms with E-state index in [1.807, 2.05) is 0 Å². The fourth-order valence-electron chi connectivity index (χ4n) is 2.80. The van der Waals surface area contributed by atoms with E-state index < -0.39 is 0 Å². The van der Waals surface area contributed by atoms with Gasteiger partial charge in [-0.3, -0.25) is 5.10 Å². The normalized spacial score (nSPS) is 22.5. The van der Waals surface area contributed by atoms with Gasteiger partial charge in [0, 0.05) is 17.8 Å². The zero-order valence-electron chi connectivity index (χ0n) is 11.0. The third-order valence-corrected chi connectivity index (χ3v) is 3.46. The molecule has 1 aliphatic carbocycles. The molecule has 0 aromatic carbocycles. The van der Waals surface area contributed by atoms with Gasteiger partial charge in [-0.15, -0.1) is 0 Å². The van der Waals surface area contributed by atoms with Crippen LogP contribution in [0.1, 0.15) is 58.2 Å². The van der Waals surface area contributed by atoms with E-state index in [4.69, 9.17) is 0 Å². The molecular formula is C13H23N3. The summed E-state index contributed by atoms with van der Waals surface area (Å²) >= 11 is 0. The Hall–Kier alpha value is -0.990. The predicted octanol–water partition coefficient (Wildman–Crippen LogP) is 3.26. The number of aromatic nitrogens is 2. The van der Waals surface area contributed by atoms with Crippen molar-refractivity contribution in [1.82, 2.24) is 10.2 Å². The van der Waals surface area contributed by atoms with Crippen LogP contribution in [0, 0.1) is 5.92 Å². The molecule has 3 nitrogen and oxygen atoms in total. The predicted molar refractivity (Wildman–Crippen MR) is 68.0 cm³/mol. The number of anilines is 1. The molecule has 1 aliphatic rings. The number of fused-ring (bicyclic) bond motifs is 1. The molecule has 1 unspecified atom stereocenters. The lowest BCUT2D eigenvalue weighted by molar-refractivity contribution is 0.485. The molecule has 0 amide bonds. The zero-order chi connectivity index (χ0) is 11.9. The minimum Gasteiger partial charge on any atom is -0.368 e. The number of H-pyrrole nitrogens is 1. The van der Waals surface area contributed by atoms with Crippen LogP contribution in [0.5, 0.6) is 0 Å². The summed E-state index contributed by atoms with van der Waals surface area (Å²) in [6, 6.07) is 0. The van der Waals surface area contributed by atoms with Gasteiger partial charge in [0.25, 0.3) is 0 Å². The second-order valence-corrected chi connectivity index (χ2v) is 6.12. The van der Waals surface area contributed by atoms with Gasteiger partial charge in [-0.25, -0.2) is 0 Å². The summed E-state index contributed by atoms with van der Waals surface area (Å²) in [5.41, 5.74) is 2.98. The first-order valence-electron chi connectivity index (χ1n) is 6.24. The summed E-state index contributed by atoms with van der Waals surface area (Å²) in [7, 11) is 0. The molecule has 0 aliphatic heterocycles. The molecule has 3 heteroatoms. The van der Waals surface area contributed by atoms with Crippen LogP contribution in [0.15, 0.2) is 0 Å². The molecule has 0 radical (unpaired) electrons. The van der Waals surface area contributed by atoms with Crippen LogP contribution in [0.25, 0.3) is 0 Å². The van der Waals surface area contributed by atoms with Gasteiger partial charge >= 0.3 is 0 Å². The Balaban J connectivity index is 2.26. The maximum atomic E-state index is 4.42. The average Bonchev–Trinajstić information content (AvgIpc) is 2.65. The fourth-order valence-corrected chi connectivity index (χ4v) is 2.80. The van der Waals surface area contributed by atoms with Gasteiger partial charge in [0.15, 0.2) is 5.82 Å². The summed E-state index contributed by atoms with van der Waals surface area (Å²) in [6.07, 6.45) is 1.22. The lowest BCUT2D eigenvalue weighted by atomic mass is 9.86. The first-order chi connectivity index (χ1) is 7.42. The average molecular weight is 221 g/mol. The van der Waals surface area contributed by atoms with Crippen LogP contribution < -0.4 is 5.32 Å². The Kier molecular flexibility index (Phi) is 2.72. The van der Waals surface area contributed by atoms with E-state index in [0.717, 1.165) is 12.4 Å². The number of nitrogens with one attached hydrogen (secondary N) is 2. The van der Waals surface area contributed by atoms with Gasteiger partial charge in [0.1, 0.15) is 0 Å². The minimum absolute atomic E-state index is 0.251. The van der Waals surface area contributed by atoms with Crippen molar-refractivity contribution >= 4 is 5.82 Å². The quantitative estimate of drug-likeness (QED) is 0.822. The van der Waals surface area contributed by atoms with Crippen LogP contribution in [0.3, 0.4) is 0 Å². The second-order valence-electron chi connectivity index (χ2n) is 6.12. The van der Waals surface area contributed by atoms with Gasteiger partial charge < -0.3 is 5.32 Å². The van der Waals surface area contributed by atoms with Gasteiger partial charge in [-0.2, -0.15) is 5.10 Å². The Morgan fingerprint density at radius 1 is 1.50 bits per heavy atom. The molecular weight excluding hydrogens is 198 g/mol. The highest BCUT2D eigenvalue weighted by Gasteiger charge is 2.39. The van der Waals surface area contributed by atoms with E-state index in [0.29, 0.717) is 11.8 Å². The van der Waals surface area contributed by atoms with E-state index >= 15 is 0 Å². The number of aromatic amines is 1. The SMILES string of the molecule is CC(C)CNc1n[nH]c2c1C(C)(C)CC2C. The Bertz CT molecular complexity index is 377. The monoisotopic (exact) mass is 221 g/mol. The van der Waals surface area contributed by atoms with Gasteiger partial charge in [0.05, 0.1) is 0 Å². The van der Waals surface area contributed by atoms with Crippen molar-refractivity contribution in [3.05, 3.63) is 11.3 Å². The van der Waals surface area contributed by atoms with Gasteiger partial charge in [0.2, 0.25) is 0 Å². The molecule has 0 spiro atoms. The zero-order valence-corrected chi connectivity index (χ0v) is 11.0. The first-order valence-corrected chi connectivity index (χ1v) is 6.24. The molecule has 90 valence electrons. The van der Waals surface area contributed by atoms with Crippen molar-refractivity contribution in [3.63, 3.8) is 0 Å². The molecule has 0 saturated heterocycles. The van der Waals surface area contributed by atoms with Gasteiger partial charge in [-0.05, 0) is 23.7 Å². The molecule has 2 N–H and O–H groups in total. The van der Waals surface area contributed by atoms with E-state index in [-0.39, 0.29) is 5.41 Å². The van der Waals surface area contributed by atoms with Crippen LogP contribution in [-0.4, -0.2) is 16.7 Å². The highest BCUT2D eigenvalue weighted by molar-refractivity contribution is 5.54. The highest BCUT2D eigenvalue weighted by atomic mass is 15.2. The number of hydrogen-bond donors (Lipinski definition) is 2. The minimum atomic E-state index is 0.251. The standard InChI is InChI=1S/C13H23N3/c1-8(2)7-14-12-10-11(15-16-12)9(3)6-13(10,4)5/h8-9H,6-7H2,1-5H3,(H2,14,15,16). The molecule has 0 bridgehead atoms. The third-order valence-electron chi connectivity index (χ3n) is 3.46. The summed E-state index contributed by atoms with van der Waals surface area (Å²) in [6.45, 7) is 12.3. The van der Waals surface area contributed by atoms with Crippen molar-refractivity contribution in [2.24, 2.45) is 5.92 Å². The second kappa shape index (κ2) is 3.79.